The Morgan fingerprint density at radius 2 is 1.94 bits per heavy atom. The third-order valence-corrected chi connectivity index (χ3v) is 5.49. The molecular formula is C19H23FN6O4S. The van der Waals surface area contributed by atoms with Crippen LogP contribution in [0, 0.1) is 5.82 Å². The van der Waals surface area contributed by atoms with E-state index in [1.807, 2.05) is 20.0 Å². The molecule has 1 aliphatic carbocycles. The number of sulfonamides is 1. The van der Waals surface area contributed by atoms with Crippen molar-refractivity contribution < 1.29 is 22.7 Å². The van der Waals surface area contributed by atoms with Crippen LogP contribution in [-0.4, -0.2) is 44.0 Å². The van der Waals surface area contributed by atoms with E-state index < -0.39 is 21.8 Å². The number of carbonyl (C=O) groups is 1. The molecule has 0 spiro atoms. The first-order valence-corrected chi connectivity index (χ1v) is 11.1. The molecule has 3 N–H and O–H groups in total. The van der Waals surface area contributed by atoms with Gasteiger partial charge in [0.2, 0.25) is 10.0 Å². The Hall–Kier alpha value is -3.12. The van der Waals surface area contributed by atoms with E-state index >= 15 is 0 Å². The lowest BCUT2D eigenvalue weighted by molar-refractivity contribution is -0.134. The third kappa shape index (κ3) is 5.14. The second-order valence-corrected chi connectivity index (χ2v) is 8.71. The van der Waals surface area contributed by atoms with Crippen molar-refractivity contribution in [3.05, 3.63) is 41.6 Å². The third-order valence-electron chi connectivity index (χ3n) is 4.58. The molecule has 3 aromatic rings. The summed E-state index contributed by atoms with van der Waals surface area (Å²) in [6.45, 7) is 2.97. The summed E-state index contributed by atoms with van der Waals surface area (Å²) in [5, 5.41) is 21.4. The summed E-state index contributed by atoms with van der Waals surface area (Å²) in [7, 11) is -2.12. The van der Waals surface area contributed by atoms with Gasteiger partial charge in [-0.2, -0.15) is 10.2 Å². The van der Waals surface area contributed by atoms with Crippen LogP contribution in [0.15, 0.2) is 29.2 Å². The largest absolute Gasteiger partial charge is 0.481 e. The van der Waals surface area contributed by atoms with Crippen molar-refractivity contribution in [2.24, 2.45) is 12.2 Å². The summed E-state index contributed by atoms with van der Waals surface area (Å²) < 4.78 is 41.0. The fourth-order valence-electron chi connectivity index (χ4n) is 3.02. The Balaban J connectivity index is 0.000000628. The first-order valence-electron chi connectivity index (χ1n) is 9.53. The average Bonchev–Trinajstić information content (AvgIpc) is 3.30. The number of primary sulfonamides is 1. The fraction of sp³-hybridized carbons (Fsp3) is 0.368. The zero-order valence-electron chi connectivity index (χ0n) is 17.3. The van der Waals surface area contributed by atoms with E-state index in [1.54, 1.807) is 4.68 Å². The predicted molar refractivity (Wildman–Crippen MR) is 110 cm³/mol. The van der Waals surface area contributed by atoms with Gasteiger partial charge in [-0.05, 0) is 37.1 Å². The topological polar surface area (TPSA) is 146 Å². The van der Waals surface area contributed by atoms with Crippen molar-refractivity contribution in [2.75, 3.05) is 0 Å². The maximum atomic E-state index is 14.5. The Kier molecular flexibility index (Phi) is 6.23. The normalized spacial score (nSPS) is 13.6. The molecule has 0 amide bonds. The molecule has 2 aromatic heterocycles. The van der Waals surface area contributed by atoms with Gasteiger partial charge >= 0.3 is 0 Å². The minimum absolute atomic E-state index is 0.0395. The van der Waals surface area contributed by atoms with Gasteiger partial charge in [0.25, 0.3) is 5.97 Å². The van der Waals surface area contributed by atoms with E-state index in [0.717, 1.165) is 43.7 Å². The highest BCUT2D eigenvalue weighted by Gasteiger charge is 2.29. The lowest BCUT2D eigenvalue weighted by Crippen LogP contribution is -2.13. The lowest BCUT2D eigenvalue weighted by Gasteiger charge is -2.07. The maximum absolute atomic E-state index is 14.5. The van der Waals surface area contributed by atoms with Gasteiger partial charge in [0.15, 0.2) is 11.6 Å². The minimum atomic E-state index is -3.98. The van der Waals surface area contributed by atoms with E-state index in [4.69, 9.17) is 15.0 Å². The van der Waals surface area contributed by atoms with Gasteiger partial charge in [-0.3, -0.25) is 9.48 Å². The number of rotatable bonds is 5. The molecule has 166 valence electrons. The van der Waals surface area contributed by atoms with Crippen molar-refractivity contribution in [1.29, 1.82) is 0 Å². The summed E-state index contributed by atoms with van der Waals surface area (Å²) in [4.78, 5) is 13.3. The Labute approximate surface area is 178 Å². The number of hydrogen-bond donors (Lipinski definition) is 2. The molecule has 4 rings (SSSR count). The second kappa shape index (κ2) is 8.55. The molecule has 0 bridgehead atoms. The molecule has 0 unspecified atom stereocenters. The smallest absolute Gasteiger partial charge is 0.300 e. The summed E-state index contributed by atoms with van der Waals surface area (Å²) in [5.41, 5.74) is 1.62. The molecule has 0 atom stereocenters. The summed E-state index contributed by atoms with van der Waals surface area (Å²) in [6, 6.07) is 5.27. The van der Waals surface area contributed by atoms with E-state index in [0.29, 0.717) is 29.7 Å². The van der Waals surface area contributed by atoms with Crippen LogP contribution in [0.3, 0.4) is 0 Å². The highest BCUT2D eigenvalue weighted by molar-refractivity contribution is 7.89. The number of nitrogens with two attached hydrogens (primary N) is 1. The number of nitrogens with zero attached hydrogens (tertiary/aromatic N) is 5. The van der Waals surface area contributed by atoms with Gasteiger partial charge in [0, 0.05) is 32.0 Å². The molecule has 12 heteroatoms. The minimum Gasteiger partial charge on any atom is -0.481 e. The lowest BCUT2D eigenvalue weighted by atomic mass is 10.2. The summed E-state index contributed by atoms with van der Waals surface area (Å²) >= 11 is 0. The first-order chi connectivity index (χ1) is 14.5. The standard InChI is InChI=1S/C17H19FN6O2S.C2H4O2/c1-3-16-20-17(13-9-14(10-4-5-10)23(2)21-13)24(22-16)15-8-11(27(19,25)26)6-7-12(15)18;1-2(3)4/h6-10H,3-5H2,1-2H3,(H2,19,25,26);1H3,(H,3,4). The van der Waals surface area contributed by atoms with Crippen molar-refractivity contribution in [1.82, 2.24) is 24.5 Å². The molecule has 2 heterocycles. The van der Waals surface area contributed by atoms with Crippen molar-refractivity contribution in [3.63, 3.8) is 0 Å². The molecule has 0 radical (unpaired) electrons. The van der Waals surface area contributed by atoms with Gasteiger partial charge in [-0.25, -0.2) is 27.6 Å². The monoisotopic (exact) mass is 450 g/mol. The van der Waals surface area contributed by atoms with Gasteiger partial charge < -0.3 is 5.11 Å². The van der Waals surface area contributed by atoms with Crippen LogP contribution < -0.4 is 5.14 Å². The predicted octanol–water partition coefficient (Wildman–Crippen LogP) is 1.98. The Morgan fingerprint density at radius 3 is 2.48 bits per heavy atom. The number of halogens is 1. The molecule has 10 nitrogen and oxygen atoms in total. The number of benzene rings is 1. The highest BCUT2D eigenvalue weighted by Crippen LogP contribution is 2.41. The van der Waals surface area contributed by atoms with E-state index in [-0.39, 0.29) is 10.6 Å². The van der Waals surface area contributed by atoms with Gasteiger partial charge in [0.1, 0.15) is 17.2 Å². The number of carboxylic acids is 1. The van der Waals surface area contributed by atoms with Crippen molar-refractivity contribution >= 4 is 16.0 Å². The van der Waals surface area contributed by atoms with Gasteiger partial charge in [-0.15, -0.1) is 0 Å². The Bertz CT molecular complexity index is 1230. The van der Waals surface area contributed by atoms with Crippen LogP contribution in [-0.2, 0) is 28.3 Å². The van der Waals surface area contributed by atoms with Crippen LogP contribution in [0.25, 0.3) is 17.2 Å². The summed E-state index contributed by atoms with van der Waals surface area (Å²) in [5.74, 6) is -0.112. The van der Waals surface area contributed by atoms with Crippen LogP contribution >= 0.6 is 0 Å². The molecule has 31 heavy (non-hydrogen) atoms. The molecule has 1 saturated carbocycles. The number of carboxylic acid groups (broad SMARTS) is 1. The van der Waals surface area contributed by atoms with E-state index in [2.05, 4.69) is 15.2 Å². The van der Waals surface area contributed by atoms with Crippen LogP contribution in [0.4, 0.5) is 4.39 Å². The fourth-order valence-corrected chi connectivity index (χ4v) is 3.56. The van der Waals surface area contributed by atoms with Crippen LogP contribution in [0.2, 0.25) is 0 Å². The molecule has 1 aromatic carbocycles. The highest BCUT2D eigenvalue weighted by atomic mass is 32.2. The zero-order chi connectivity index (χ0) is 22.9. The van der Waals surface area contributed by atoms with E-state index in [1.165, 1.54) is 4.68 Å². The quantitative estimate of drug-likeness (QED) is 0.604. The number of aromatic nitrogens is 5. The number of hydrogen-bond acceptors (Lipinski definition) is 6. The van der Waals surface area contributed by atoms with Crippen molar-refractivity contribution in [2.45, 2.75) is 43.9 Å². The Morgan fingerprint density at radius 1 is 1.29 bits per heavy atom. The van der Waals surface area contributed by atoms with Gasteiger partial charge in [0.05, 0.1) is 4.90 Å². The molecule has 0 saturated heterocycles. The van der Waals surface area contributed by atoms with Gasteiger partial charge in [-0.1, -0.05) is 6.92 Å². The van der Waals surface area contributed by atoms with Crippen LogP contribution in [0.5, 0.6) is 0 Å². The maximum Gasteiger partial charge on any atom is 0.300 e. The zero-order valence-corrected chi connectivity index (χ0v) is 18.1. The molecule has 1 fully saturated rings. The molecular weight excluding hydrogens is 427 g/mol. The molecule has 1 aliphatic rings. The summed E-state index contributed by atoms with van der Waals surface area (Å²) in [6.07, 6.45) is 2.78. The second-order valence-electron chi connectivity index (χ2n) is 7.15. The van der Waals surface area contributed by atoms with E-state index in [9.17, 15) is 12.8 Å². The molecule has 0 aliphatic heterocycles. The van der Waals surface area contributed by atoms with Crippen molar-refractivity contribution in [3.8, 4) is 17.2 Å². The van der Waals surface area contributed by atoms with Crippen LogP contribution in [0.1, 0.15) is 44.1 Å². The number of aryl methyl sites for hydroxylation is 2. The number of aliphatic carboxylic acids is 1. The average molecular weight is 450 g/mol. The first kappa shape index (κ1) is 22.6. The SMILES string of the molecule is CC(=O)O.CCc1nc(-c2cc(C3CC3)n(C)n2)n(-c2cc(S(N)(=O)=O)ccc2F)n1.